The largest absolute Gasteiger partial charge is 0.395 e. The van der Waals surface area contributed by atoms with Gasteiger partial charge in [-0.15, -0.1) is 0 Å². The Bertz CT molecular complexity index is 683. The number of nitrogens with two attached hydrogens (primary N) is 1. The van der Waals surface area contributed by atoms with E-state index in [1.165, 1.54) is 4.90 Å². The van der Waals surface area contributed by atoms with Gasteiger partial charge in [-0.1, -0.05) is 13.0 Å². The van der Waals surface area contributed by atoms with Gasteiger partial charge in [0.15, 0.2) is 5.69 Å². The topological polar surface area (TPSA) is 98.8 Å². The lowest BCUT2D eigenvalue weighted by atomic mass is 10.2. The van der Waals surface area contributed by atoms with Crippen molar-refractivity contribution in [1.29, 1.82) is 5.26 Å². The highest BCUT2D eigenvalue weighted by Gasteiger charge is 2.21. The van der Waals surface area contributed by atoms with E-state index in [0.29, 0.717) is 23.4 Å². The lowest BCUT2D eigenvalue weighted by molar-refractivity contribution is 0.0989. The first-order valence-electron chi connectivity index (χ1n) is 6.19. The molecule has 0 atom stereocenters. The van der Waals surface area contributed by atoms with Gasteiger partial charge >= 0.3 is 0 Å². The minimum absolute atomic E-state index is 0.201. The Labute approximate surface area is 116 Å². The molecule has 0 aliphatic carbocycles. The number of hydrogen-bond donors (Lipinski definition) is 2. The van der Waals surface area contributed by atoms with E-state index in [1.807, 2.05) is 13.0 Å². The predicted octanol–water partition coefficient (Wildman–Crippen LogP) is 1.70. The number of nitriles is 1. The van der Waals surface area contributed by atoms with Crippen molar-refractivity contribution in [2.24, 2.45) is 0 Å². The van der Waals surface area contributed by atoms with Crippen molar-refractivity contribution in [1.82, 2.24) is 10.2 Å². The van der Waals surface area contributed by atoms with Crippen LogP contribution in [0, 0.1) is 11.3 Å². The maximum atomic E-state index is 12.4. The average Bonchev–Trinajstić information content (AvgIpc) is 2.86. The molecule has 6 nitrogen and oxygen atoms in total. The van der Waals surface area contributed by atoms with Crippen molar-refractivity contribution in [2.45, 2.75) is 13.3 Å². The van der Waals surface area contributed by atoms with Gasteiger partial charge < -0.3 is 10.6 Å². The first kappa shape index (κ1) is 13.6. The van der Waals surface area contributed by atoms with Crippen molar-refractivity contribution >= 4 is 17.3 Å². The van der Waals surface area contributed by atoms with Crippen LogP contribution >= 0.6 is 0 Å². The van der Waals surface area contributed by atoms with Crippen LogP contribution in [0.2, 0.25) is 0 Å². The summed E-state index contributed by atoms with van der Waals surface area (Å²) in [6.07, 6.45) is 0.680. The van der Waals surface area contributed by atoms with Crippen LogP contribution in [0.25, 0.3) is 0 Å². The number of rotatable bonds is 3. The zero-order chi connectivity index (χ0) is 14.7. The summed E-state index contributed by atoms with van der Waals surface area (Å²) in [6, 6.07) is 8.84. The Morgan fingerprint density at radius 3 is 2.90 bits per heavy atom. The molecule has 0 aliphatic rings. The fraction of sp³-hybridized carbons (Fsp3) is 0.214. The van der Waals surface area contributed by atoms with Crippen LogP contribution in [0.1, 0.15) is 28.7 Å². The summed E-state index contributed by atoms with van der Waals surface area (Å²) in [5.41, 5.74) is 8.32. The van der Waals surface area contributed by atoms with Crippen LogP contribution in [-0.4, -0.2) is 23.2 Å². The van der Waals surface area contributed by atoms with Gasteiger partial charge in [-0.3, -0.25) is 9.89 Å². The molecule has 3 N–H and O–H groups in total. The second-order valence-electron chi connectivity index (χ2n) is 4.34. The van der Waals surface area contributed by atoms with Crippen LogP contribution in [0.5, 0.6) is 0 Å². The molecule has 1 heterocycles. The van der Waals surface area contributed by atoms with Crippen LogP contribution in [0.3, 0.4) is 0 Å². The predicted molar refractivity (Wildman–Crippen MR) is 76.3 cm³/mol. The average molecular weight is 269 g/mol. The number of hydrogen-bond acceptors (Lipinski definition) is 4. The summed E-state index contributed by atoms with van der Waals surface area (Å²) < 4.78 is 0. The molecule has 0 unspecified atom stereocenters. The van der Waals surface area contributed by atoms with Gasteiger partial charge in [0.25, 0.3) is 5.91 Å². The summed E-state index contributed by atoms with van der Waals surface area (Å²) >= 11 is 0. The van der Waals surface area contributed by atoms with Gasteiger partial charge in [0.2, 0.25) is 0 Å². The molecule has 0 fully saturated rings. The number of nitrogens with zero attached hydrogens (tertiary/aromatic N) is 3. The fourth-order valence-corrected chi connectivity index (χ4v) is 1.88. The van der Waals surface area contributed by atoms with E-state index < -0.39 is 0 Å². The molecule has 102 valence electrons. The molecule has 1 amide bonds. The molecule has 2 rings (SSSR count). The normalized spacial score (nSPS) is 10.1. The van der Waals surface area contributed by atoms with Crippen LogP contribution < -0.4 is 10.6 Å². The summed E-state index contributed by atoms with van der Waals surface area (Å²) in [7, 11) is 1.62. The highest BCUT2D eigenvalue weighted by atomic mass is 16.2. The zero-order valence-electron chi connectivity index (χ0n) is 11.3. The number of aryl methyl sites for hydroxylation is 1. The zero-order valence-corrected chi connectivity index (χ0v) is 11.3. The SMILES string of the molecule is CCc1[nH]nc(C(=O)N(C)c2cccc(C#N)c2)c1N. The first-order chi connectivity index (χ1) is 9.58. The standard InChI is InChI=1S/C14H15N5O/c1-3-11-12(16)13(18-17-11)14(20)19(2)10-6-4-5-9(7-10)8-15/h4-7H,3,16H2,1-2H3,(H,17,18). The van der Waals surface area contributed by atoms with Crippen molar-refractivity contribution in [3.63, 3.8) is 0 Å². The van der Waals surface area contributed by atoms with Gasteiger partial charge in [0.05, 0.1) is 23.0 Å². The molecular formula is C14H15N5O. The third kappa shape index (κ3) is 2.34. The highest BCUT2D eigenvalue weighted by Crippen LogP contribution is 2.20. The van der Waals surface area contributed by atoms with E-state index in [1.54, 1.807) is 31.3 Å². The number of carbonyl (C=O) groups is 1. The number of nitrogens with one attached hydrogen (secondary N) is 1. The Morgan fingerprint density at radius 2 is 2.30 bits per heavy atom. The summed E-state index contributed by atoms with van der Waals surface area (Å²) in [5.74, 6) is -0.312. The highest BCUT2D eigenvalue weighted by molar-refractivity contribution is 6.07. The third-order valence-electron chi connectivity index (χ3n) is 3.11. The van der Waals surface area contributed by atoms with Crippen LogP contribution in [-0.2, 0) is 6.42 Å². The lowest BCUT2D eigenvalue weighted by Gasteiger charge is -2.16. The van der Waals surface area contributed by atoms with Crippen LogP contribution in [0.15, 0.2) is 24.3 Å². The van der Waals surface area contributed by atoms with Crippen molar-refractivity contribution < 1.29 is 4.79 Å². The number of aromatic nitrogens is 2. The molecule has 1 aromatic carbocycles. The van der Waals surface area contributed by atoms with E-state index in [-0.39, 0.29) is 11.6 Å². The summed E-state index contributed by atoms with van der Waals surface area (Å²) in [6.45, 7) is 1.93. The van der Waals surface area contributed by atoms with E-state index in [4.69, 9.17) is 11.0 Å². The molecule has 0 saturated heterocycles. The fourth-order valence-electron chi connectivity index (χ4n) is 1.88. The van der Waals surface area contributed by atoms with E-state index in [9.17, 15) is 4.79 Å². The smallest absolute Gasteiger partial charge is 0.280 e. The quantitative estimate of drug-likeness (QED) is 0.885. The van der Waals surface area contributed by atoms with Gasteiger partial charge in [-0.2, -0.15) is 10.4 Å². The van der Waals surface area contributed by atoms with Gasteiger partial charge in [0, 0.05) is 12.7 Å². The van der Waals surface area contributed by atoms with E-state index in [2.05, 4.69) is 10.2 Å². The monoisotopic (exact) mass is 269 g/mol. The van der Waals surface area contributed by atoms with Gasteiger partial charge in [-0.05, 0) is 24.6 Å². The molecule has 0 aliphatic heterocycles. The van der Waals surface area contributed by atoms with E-state index in [0.717, 1.165) is 5.69 Å². The molecule has 20 heavy (non-hydrogen) atoms. The molecule has 0 saturated carbocycles. The Kier molecular flexibility index (Phi) is 3.71. The number of carbonyl (C=O) groups excluding carboxylic acids is 1. The van der Waals surface area contributed by atoms with Crippen LogP contribution in [0.4, 0.5) is 11.4 Å². The Hall–Kier alpha value is -2.81. The maximum absolute atomic E-state index is 12.4. The third-order valence-corrected chi connectivity index (χ3v) is 3.11. The van der Waals surface area contributed by atoms with Crippen molar-refractivity contribution in [2.75, 3.05) is 17.7 Å². The molecule has 2 aromatic rings. The molecule has 0 spiro atoms. The molecule has 6 heteroatoms. The molecule has 0 bridgehead atoms. The maximum Gasteiger partial charge on any atom is 0.280 e. The number of H-pyrrole nitrogens is 1. The second kappa shape index (κ2) is 5.45. The Balaban J connectivity index is 2.32. The first-order valence-corrected chi connectivity index (χ1v) is 6.19. The van der Waals surface area contributed by atoms with Gasteiger partial charge in [-0.25, -0.2) is 0 Å². The minimum atomic E-state index is -0.312. The molecule has 1 aromatic heterocycles. The van der Waals surface area contributed by atoms with E-state index >= 15 is 0 Å². The number of anilines is 2. The lowest BCUT2D eigenvalue weighted by Crippen LogP contribution is -2.27. The summed E-state index contributed by atoms with van der Waals surface area (Å²) in [4.78, 5) is 13.8. The Morgan fingerprint density at radius 1 is 1.55 bits per heavy atom. The second-order valence-corrected chi connectivity index (χ2v) is 4.34. The minimum Gasteiger partial charge on any atom is -0.395 e. The summed E-state index contributed by atoms with van der Waals surface area (Å²) in [5, 5.41) is 15.6. The number of aromatic amines is 1. The number of amides is 1. The number of benzene rings is 1. The molecular weight excluding hydrogens is 254 g/mol. The van der Waals surface area contributed by atoms with Crippen molar-refractivity contribution in [3.05, 3.63) is 41.2 Å². The molecule has 0 radical (unpaired) electrons. The number of nitrogen functional groups attached to an aromatic ring is 1. The van der Waals surface area contributed by atoms with Gasteiger partial charge in [0.1, 0.15) is 0 Å². The van der Waals surface area contributed by atoms with Crippen molar-refractivity contribution in [3.8, 4) is 6.07 Å².